The summed E-state index contributed by atoms with van der Waals surface area (Å²) in [6.07, 6.45) is 13.0. The van der Waals surface area contributed by atoms with E-state index in [-0.39, 0.29) is 65.8 Å². The van der Waals surface area contributed by atoms with Gasteiger partial charge in [-0.3, -0.25) is 35.7 Å². The molecule has 0 fully saturated rings. The van der Waals surface area contributed by atoms with Gasteiger partial charge in [-0.2, -0.15) is 38.8 Å². The number of carboxylic acid groups (broad SMARTS) is 4. The number of halogens is 1. The second kappa shape index (κ2) is 60.8. The van der Waals surface area contributed by atoms with Crippen molar-refractivity contribution >= 4 is 142 Å². The first-order valence-corrected chi connectivity index (χ1v) is 31.2. The summed E-state index contributed by atoms with van der Waals surface area (Å²) in [6.45, 7) is 20.3. The highest BCUT2D eigenvalue weighted by Crippen LogP contribution is 2.19. The van der Waals surface area contributed by atoms with Crippen LogP contribution in [-0.2, 0) is 33.4 Å². The number of nitrogens with two attached hydrogens (primary N) is 2. The van der Waals surface area contributed by atoms with Crippen molar-refractivity contribution in [2.75, 3.05) is 42.0 Å². The van der Waals surface area contributed by atoms with E-state index in [1.165, 1.54) is 13.3 Å². The highest BCUT2D eigenvalue weighted by atomic mass is 79.9. The number of ether oxygens (including phenoxy) is 3. The Morgan fingerprint density at radius 2 is 0.857 bits per heavy atom. The van der Waals surface area contributed by atoms with Gasteiger partial charge >= 0.3 is 42.2 Å². The molecule has 3 unspecified atom stereocenters. The van der Waals surface area contributed by atoms with Crippen LogP contribution in [0, 0.1) is 0 Å². The lowest BCUT2D eigenvalue weighted by molar-refractivity contribution is -0.139. The molecule has 0 aliphatic carbocycles. The molecule has 0 spiro atoms. The van der Waals surface area contributed by atoms with E-state index in [0.717, 1.165) is 93.2 Å². The van der Waals surface area contributed by atoms with E-state index in [1.807, 2.05) is 17.0 Å². The number of hydrogen-bond acceptors (Lipinski definition) is 19. The number of nitrogens with one attached hydrogen (secondary N) is 3. The van der Waals surface area contributed by atoms with Crippen LogP contribution in [-0.4, -0.2) is 168 Å². The molecule has 0 aromatic heterocycles. The number of rotatable bonds is 29. The number of thiol groups is 2. The molecule has 0 aliphatic rings. The summed E-state index contributed by atoms with van der Waals surface area (Å²) in [5.41, 5.74) is 8.52. The second-order valence-corrected chi connectivity index (χ2v) is 24.6. The SMILES string of the molecule is C.C.C.CC(=NC(CCCCCS)C(=O)O)NC(=O)OC(C)(C)C.CC(=NC(CCCCCS)C(=O)O)NC(=O)OC(C)(C)C.CC(=NCC(=O)O)NC(=O)OC(C)(C)C.CSSCCCCCC(N=C(N)N)C(=O)O.OCCCCCBr.S. The Labute approximate surface area is 537 Å². The second-order valence-electron chi connectivity index (χ2n) is 20.2. The topological polar surface area (TPSA) is 386 Å². The van der Waals surface area contributed by atoms with Crippen LogP contribution in [0.5, 0.6) is 0 Å². The molecule has 0 heterocycles. The lowest BCUT2D eigenvalue weighted by atomic mass is 10.1. The number of alkyl halides is 1. The highest BCUT2D eigenvalue weighted by Gasteiger charge is 2.22. The van der Waals surface area contributed by atoms with Gasteiger partial charge in [-0.25, -0.2) is 33.8 Å². The van der Waals surface area contributed by atoms with Crippen molar-refractivity contribution in [1.29, 1.82) is 0 Å². The quantitative estimate of drug-likeness (QED) is 0.00629. The zero-order valence-electron chi connectivity index (χ0n) is 49.9. The fraction of sp³-hybridized carbons (Fsp3) is 0.796. The number of amidine groups is 3. The standard InChI is InChI=1S/2C14H26N2O4S.C9H19N3O2S2.C9H16N2O4.C5H11BrO.3CH4.H2S/c2*1-10(16-13(19)20-14(2,3)4)15-11(12(17)18)8-6-5-7-9-21;1-15-16-6-4-2-3-5-7(8(13)14)12-9(10)11;1-6(10-5-7(12)13)11-8(14)15-9(2,3)4;6-4-2-1-3-5-7;;;;/h2*11,21H,5-9H2,1-4H3,(H,17,18)(H,15,16,19);7H,2-6H2,1H3,(H,13,14)(H4,10,11,12);5H2,1-4H3,(H,12,13)(H,10,11,14);7H,1-5H2;3*1H4;1H2. The number of carboxylic acids is 4. The van der Waals surface area contributed by atoms with Crippen LogP contribution in [0.15, 0.2) is 20.0 Å². The number of aliphatic hydroxyl groups excluding tert-OH is 1. The molecular weight excluding hydrogens is 1250 g/mol. The fourth-order valence-electron chi connectivity index (χ4n) is 5.42. The summed E-state index contributed by atoms with van der Waals surface area (Å²) in [7, 11) is 3.56. The number of nitrogens with zero attached hydrogens (tertiary/aromatic N) is 4. The van der Waals surface area contributed by atoms with E-state index in [9.17, 15) is 33.6 Å². The van der Waals surface area contributed by atoms with E-state index in [2.05, 4.69) is 77.1 Å². The van der Waals surface area contributed by atoms with Gasteiger partial charge in [0.2, 0.25) is 0 Å². The minimum atomic E-state index is -1.06. The molecule has 24 nitrogen and oxygen atoms in total. The lowest BCUT2D eigenvalue weighted by Gasteiger charge is -2.19. The number of unbranched alkanes of at least 4 members (excludes halogenated alkanes) is 8. The molecule has 0 bridgehead atoms. The molecule has 0 aromatic rings. The number of amides is 3. The molecular formula is C54H112BrN9O15S5. The summed E-state index contributed by atoms with van der Waals surface area (Å²) in [4.78, 5) is 92.8. The number of alkyl carbamates (subject to hydrolysis) is 3. The third-order valence-corrected chi connectivity index (χ3v) is 11.8. The molecule has 3 amide bonds. The summed E-state index contributed by atoms with van der Waals surface area (Å²) < 4.78 is 15.1. The molecule has 3 atom stereocenters. The van der Waals surface area contributed by atoms with Gasteiger partial charge in [0.05, 0.1) is 0 Å². The Morgan fingerprint density at radius 3 is 1.13 bits per heavy atom. The third kappa shape index (κ3) is 80.2. The van der Waals surface area contributed by atoms with Crippen LogP contribution >= 0.6 is 76.3 Å². The van der Waals surface area contributed by atoms with E-state index in [4.69, 9.17) is 51.2 Å². The molecule has 0 saturated heterocycles. The van der Waals surface area contributed by atoms with Gasteiger partial charge in [0, 0.05) is 17.7 Å². The van der Waals surface area contributed by atoms with Crippen LogP contribution in [0.25, 0.3) is 0 Å². The van der Waals surface area contributed by atoms with Gasteiger partial charge in [-0.05, 0) is 152 Å². The fourth-order valence-corrected chi connectivity index (χ4v) is 7.60. The normalized spacial score (nSPS) is 12.1. The Kier molecular flexibility index (Phi) is 71.8. The molecule has 0 aromatic carbocycles. The minimum absolute atomic E-state index is 0. The Morgan fingerprint density at radius 1 is 0.536 bits per heavy atom. The summed E-state index contributed by atoms with van der Waals surface area (Å²) in [5.74, 6) is -0.792. The van der Waals surface area contributed by atoms with E-state index in [1.54, 1.807) is 87.0 Å². The monoisotopic (exact) mass is 1370 g/mol. The van der Waals surface area contributed by atoms with Gasteiger partial charge < -0.3 is 51.2 Å². The van der Waals surface area contributed by atoms with Crippen molar-refractivity contribution in [3.8, 4) is 0 Å². The average molecular weight is 1370 g/mol. The molecule has 12 N–H and O–H groups in total. The van der Waals surface area contributed by atoms with Crippen molar-refractivity contribution in [3.63, 3.8) is 0 Å². The number of aliphatic carboxylic acids is 4. The Balaban J connectivity index is -0.000000122. The van der Waals surface area contributed by atoms with Gasteiger partial charge in [0.15, 0.2) is 12.0 Å². The maximum absolute atomic E-state index is 11.5. The van der Waals surface area contributed by atoms with Gasteiger partial charge in [0.25, 0.3) is 0 Å². The zero-order chi connectivity index (χ0) is 62.9. The van der Waals surface area contributed by atoms with Crippen molar-refractivity contribution in [1.82, 2.24) is 16.0 Å². The molecule has 84 heavy (non-hydrogen) atoms. The maximum atomic E-state index is 11.5. The van der Waals surface area contributed by atoms with Crippen LogP contribution in [0.3, 0.4) is 0 Å². The summed E-state index contributed by atoms with van der Waals surface area (Å²) in [6, 6.07) is -2.49. The van der Waals surface area contributed by atoms with E-state index < -0.39 is 77.1 Å². The Hall–Kier alpha value is -3.84. The van der Waals surface area contributed by atoms with Crippen molar-refractivity contribution < 1.29 is 73.3 Å². The van der Waals surface area contributed by atoms with E-state index >= 15 is 0 Å². The predicted octanol–water partition coefficient (Wildman–Crippen LogP) is 11.6. The Bertz CT molecular complexity index is 1790. The van der Waals surface area contributed by atoms with Gasteiger partial charge in [-0.1, -0.05) is 105 Å². The van der Waals surface area contributed by atoms with Crippen LogP contribution in [0.1, 0.15) is 202 Å². The van der Waals surface area contributed by atoms with Crippen LogP contribution in [0.4, 0.5) is 14.4 Å². The number of carbonyl (C=O) groups excluding carboxylic acids is 3. The minimum Gasteiger partial charge on any atom is -0.480 e. The lowest BCUT2D eigenvalue weighted by Crippen LogP contribution is -2.36. The highest BCUT2D eigenvalue weighted by molar-refractivity contribution is 9.09. The number of carbonyl (C=O) groups is 7. The van der Waals surface area contributed by atoms with Crippen molar-refractivity contribution in [2.45, 2.75) is 237 Å². The van der Waals surface area contributed by atoms with Crippen LogP contribution in [0.2, 0.25) is 0 Å². The summed E-state index contributed by atoms with van der Waals surface area (Å²) in [5, 5.41) is 52.0. The molecule has 0 radical (unpaired) electrons. The first-order chi connectivity index (χ1) is 37.0. The maximum Gasteiger partial charge on any atom is 0.413 e. The first-order valence-electron chi connectivity index (χ1n) is 26.1. The van der Waals surface area contributed by atoms with Crippen LogP contribution < -0.4 is 27.4 Å². The molecule has 0 saturated carbocycles. The predicted molar refractivity (Wildman–Crippen MR) is 364 cm³/mol. The summed E-state index contributed by atoms with van der Waals surface area (Å²) >= 11 is 11.5. The molecule has 500 valence electrons. The zero-order valence-corrected chi connectivity index (χ0v) is 55.9. The van der Waals surface area contributed by atoms with E-state index in [0.29, 0.717) is 25.9 Å². The van der Waals surface area contributed by atoms with Gasteiger partial charge in [0.1, 0.15) is 52.9 Å². The largest absolute Gasteiger partial charge is 0.480 e. The number of hydrogen-bond donors (Lipinski definition) is 12. The third-order valence-electron chi connectivity index (χ3n) is 8.74. The molecule has 0 rings (SSSR count). The smallest absolute Gasteiger partial charge is 0.413 e. The van der Waals surface area contributed by atoms with Crippen molar-refractivity contribution in [3.05, 3.63) is 0 Å². The number of aliphatic hydroxyl groups is 1. The number of guanidine groups is 1. The van der Waals surface area contributed by atoms with Crippen molar-refractivity contribution in [2.24, 2.45) is 31.4 Å². The van der Waals surface area contributed by atoms with Gasteiger partial charge in [-0.15, -0.1) is 0 Å². The average Bonchev–Trinajstić information content (AvgIpc) is 3.29. The molecule has 0 aliphatic heterocycles. The molecule has 30 heteroatoms. The first kappa shape index (κ1) is 99.2. The number of aliphatic imine (C=N–C) groups is 4.